The second kappa shape index (κ2) is 9.99. The van der Waals surface area contributed by atoms with Crippen molar-refractivity contribution >= 4 is 60.9 Å². The molecule has 194 valence electrons. The molecular formula is C30H23BrN4O4. The van der Waals surface area contributed by atoms with E-state index in [1.807, 2.05) is 65.4 Å². The van der Waals surface area contributed by atoms with Crippen LogP contribution >= 0.6 is 15.9 Å². The highest BCUT2D eigenvalue weighted by Gasteiger charge is 2.20. The fourth-order valence-corrected chi connectivity index (χ4v) is 5.05. The van der Waals surface area contributed by atoms with Crippen molar-refractivity contribution in [2.24, 2.45) is 5.10 Å². The highest BCUT2D eigenvalue weighted by molar-refractivity contribution is 9.10. The molecule has 0 aliphatic heterocycles. The number of halogens is 1. The van der Waals surface area contributed by atoms with E-state index >= 15 is 0 Å². The monoisotopic (exact) mass is 582 g/mol. The molecule has 6 rings (SSSR count). The summed E-state index contributed by atoms with van der Waals surface area (Å²) >= 11 is 3.49. The Balaban J connectivity index is 1.52. The van der Waals surface area contributed by atoms with Gasteiger partial charge in [0.05, 0.1) is 23.7 Å². The quantitative estimate of drug-likeness (QED) is 0.164. The molecule has 39 heavy (non-hydrogen) atoms. The van der Waals surface area contributed by atoms with E-state index in [4.69, 9.17) is 14.1 Å². The van der Waals surface area contributed by atoms with Crippen molar-refractivity contribution in [3.05, 3.63) is 99.4 Å². The fraction of sp³-hybridized carbons (Fsp3) is 0.133. The lowest BCUT2D eigenvalue weighted by atomic mass is 10.2. The van der Waals surface area contributed by atoms with E-state index < -0.39 is 6.04 Å². The van der Waals surface area contributed by atoms with Gasteiger partial charge in [0.2, 0.25) is 5.82 Å². The normalized spacial score (nSPS) is 12.6. The highest BCUT2D eigenvalue weighted by atomic mass is 79.9. The number of carbonyl (C=O) groups is 1. The SMILES string of the molecule is CCOC(=O)[C@@H](C)n1cc(C=Nn2c(-c3cc4cc(Br)ccc4o3)nc3ccccc3c2=O)c2ccccc21. The Morgan fingerprint density at radius 2 is 1.87 bits per heavy atom. The summed E-state index contributed by atoms with van der Waals surface area (Å²) in [6.07, 6.45) is 3.45. The molecule has 8 nitrogen and oxygen atoms in total. The molecule has 0 amide bonds. The molecule has 0 N–H and O–H groups in total. The number of carbonyl (C=O) groups excluding carboxylic acids is 1. The van der Waals surface area contributed by atoms with Crippen LogP contribution in [0, 0.1) is 0 Å². The van der Waals surface area contributed by atoms with Gasteiger partial charge in [-0.05, 0) is 56.3 Å². The molecule has 0 fully saturated rings. The van der Waals surface area contributed by atoms with Crippen LogP contribution in [0.3, 0.4) is 0 Å². The van der Waals surface area contributed by atoms with E-state index in [1.165, 1.54) is 4.68 Å². The molecule has 3 aromatic heterocycles. The third-order valence-corrected chi connectivity index (χ3v) is 7.07. The minimum atomic E-state index is -0.535. The van der Waals surface area contributed by atoms with Gasteiger partial charge in [-0.1, -0.05) is 46.3 Å². The molecule has 9 heteroatoms. The van der Waals surface area contributed by atoms with E-state index in [9.17, 15) is 9.59 Å². The molecule has 0 radical (unpaired) electrons. The van der Waals surface area contributed by atoms with Gasteiger partial charge in [-0.3, -0.25) is 4.79 Å². The number of hydrogen-bond acceptors (Lipinski definition) is 6. The van der Waals surface area contributed by atoms with Gasteiger partial charge < -0.3 is 13.7 Å². The number of ether oxygens (including phenoxy) is 1. The second-order valence-electron chi connectivity index (χ2n) is 9.04. The van der Waals surface area contributed by atoms with E-state index in [1.54, 1.807) is 38.3 Å². The Morgan fingerprint density at radius 1 is 1.10 bits per heavy atom. The number of furan rings is 1. The second-order valence-corrected chi connectivity index (χ2v) is 9.96. The molecule has 3 heterocycles. The Kier molecular flexibility index (Phi) is 6.36. The smallest absolute Gasteiger partial charge is 0.328 e. The van der Waals surface area contributed by atoms with Crippen LogP contribution in [-0.2, 0) is 9.53 Å². The first-order chi connectivity index (χ1) is 18.9. The van der Waals surface area contributed by atoms with Gasteiger partial charge >= 0.3 is 5.97 Å². The number of benzene rings is 3. The van der Waals surface area contributed by atoms with Crippen molar-refractivity contribution in [3.8, 4) is 11.6 Å². The van der Waals surface area contributed by atoms with E-state index in [-0.39, 0.29) is 17.4 Å². The van der Waals surface area contributed by atoms with Gasteiger partial charge in [-0.15, -0.1) is 0 Å². The summed E-state index contributed by atoms with van der Waals surface area (Å²) in [6.45, 7) is 3.88. The Labute approximate surface area is 231 Å². The lowest BCUT2D eigenvalue weighted by molar-refractivity contribution is -0.146. The van der Waals surface area contributed by atoms with Crippen LogP contribution in [0.2, 0.25) is 0 Å². The molecule has 1 atom stereocenters. The van der Waals surface area contributed by atoms with Crippen molar-refractivity contribution in [1.29, 1.82) is 0 Å². The topological polar surface area (TPSA) is 91.6 Å². The molecule has 0 spiro atoms. The fourth-order valence-electron chi connectivity index (χ4n) is 4.67. The number of fused-ring (bicyclic) bond motifs is 3. The Bertz CT molecular complexity index is 1970. The molecule has 0 saturated carbocycles. The number of esters is 1. The molecule has 0 aliphatic carbocycles. The van der Waals surface area contributed by atoms with Crippen LogP contribution in [-0.4, -0.2) is 33.0 Å². The average molecular weight is 583 g/mol. The summed E-state index contributed by atoms with van der Waals surface area (Å²) < 4.78 is 15.4. The molecule has 3 aromatic carbocycles. The van der Waals surface area contributed by atoms with Crippen molar-refractivity contribution in [3.63, 3.8) is 0 Å². The van der Waals surface area contributed by atoms with Gasteiger partial charge in [0.25, 0.3) is 5.56 Å². The number of nitrogens with zero attached hydrogens (tertiary/aromatic N) is 4. The summed E-state index contributed by atoms with van der Waals surface area (Å²) in [5.74, 6) is 0.378. The van der Waals surface area contributed by atoms with Gasteiger partial charge in [0.15, 0.2) is 5.76 Å². The summed E-state index contributed by atoms with van der Waals surface area (Å²) in [7, 11) is 0. The van der Waals surface area contributed by atoms with Crippen LogP contribution < -0.4 is 5.56 Å². The summed E-state index contributed by atoms with van der Waals surface area (Å²) in [5, 5.41) is 6.80. The van der Waals surface area contributed by atoms with Crippen LogP contribution in [0.1, 0.15) is 25.5 Å². The predicted molar refractivity (Wildman–Crippen MR) is 155 cm³/mol. The first kappa shape index (κ1) is 24.8. The van der Waals surface area contributed by atoms with Crippen molar-refractivity contribution in [1.82, 2.24) is 14.2 Å². The lowest BCUT2D eigenvalue weighted by Gasteiger charge is -2.13. The van der Waals surface area contributed by atoms with Crippen LogP contribution in [0.5, 0.6) is 0 Å². The Morgan fingerprint density at radius 3 is 2.69 bits per heavy atom. The summed E-state index contributed by atoms with van der Waals surface area (Å²) in [4.78, 5) is 30.9. The average Bonchev–Trinajstić information content (AvgIpc) is 3.53. The van der Waals surface area contributed by atoms with E-state index in [0.717, 1.165) is 26.3 Å². The summed E-state index contributed by atoms with van der Waals surface area (Å²) in [6, 6.07) is 21.8. The van der Waals surface area contributed by atoms with Gasteiger partial charge in [0, 0.05) is 32.5 Å². The number of rotatable bonds is 6. The van der Waals surface area contributed by atoms with E-state index in [2.05, 4.69) is 21.0 Å². The molecular weight excluding hydrogens is 560 g/mol. The molecule has 0 saturated heterocycles. The number of aromatic nitrogens is 3. The van der Waals surface area contributed by atoms with Crippen LogP contribution in [0.15, 0.2) is 97.8 Å². The zero-order chi connectivity index (χ0) is 27.1. The Hall–Kier alpha value is -4.50. The maximum Gasteiger partial charge on any atom is 0.328 e. The number of hydrogen-bond donors (Lipinski definition) is 0. The zero-order valence-corrected chi connectivity index (χ0v) is 22.8. The van der Waals surface area contributed by atoms with Gasteiger partial charge in [0.1, 0.15) is 11.6 Å². The minimum absolute atomic E-state index is 0.283. The van der Waals surface area contributed by atoms with Gasteiger partial charge in [-0.25, -0.2) is 9.78 Å². The van der Waals surface area contributed by atoms with Crippen LogP contribution in [0.25, 0.3) is 44.4 Å². The highest BCUT2D eigenvalue weighted by Crippen LogP contribution is 2.30. The number of para-hydroxylation sites is 2. The first-order valence-corrected chi connectivity index (χ1v) is 13.3. The van der Waals surface area contributed by atoms with E-state index in [0.29, 0.717) is 28.9 Å². The lowest BCUT2D eigenvalue weighted by Crippen LogP contribution is -2.20. The standard InChI is InChI=1S/C30H23BrN4O4/c1-3-38-30(37)18(2)34-17-20(22-8-5-7-11-25(22)34)16-32-35-28(33-24-10-6-4-9-23(24)29(35)36)27-15-19-14-21(31)12-13-26(19)39-27/h4-18H,3H2,1-2H3/t18-/m1/s1. The molecule has 0 aliphatic rings. The maximum atomic E-state index is 13.6. The minimum Gasteiger partial charge on any atom is -0.464 e. The van der Waals surface area contributed by atoms with Crippen molar-refractivity contribution in [2.75, 3.05) is 6.61 Å². The maximum absolute atomic E-state index is 13.6. The third kappa shape index (κ3) is 4.44. The molecule has 0 unspecified atom stereocenters. The largest absolute Gasteiger partial charge is 0.464 e. The predicted octanol–water partition coefficient (Wildman–Crippen LogP) is 6.53. The van der Waals surface area contributed by atoms with Crippen molar-refractivity contribution in [2.45, 2.75) is 19.9 Å². The molecule has 6 aromatic rings. The zero-order valence-electron chi connectivity index (χ0n) is 21.2. The molecule has 0 bridgehead atoms. The summed E-state index contributed by atoms with van der Waals surface area (Å²) in [5.41, 5.74) is 2.48. The van der Waals surface area contributed by atoms with Crippen LogP contribution in [0.4, 0.5) is 0 Å². The third-order valence-electron chi connectivity index (χ3n) is 6.58. The van der Waals surface area contributed by atoms with Crippen molar-refractivity contribution < 1.29 is 13.9 Å². The first-order valence-electron chi connectivity index (χ1n) is 12.5. The van der Waals surface area contributed by atoms with Gasteiger partial charge in [-0.2, -0.15) is 9.78 Å².